The number of fused-ring (bicyclic) bond motifs is 2. The number of methoxy groups -OCH3 is 1. The molecule has 0 radical (unpaired) electrons. The van der Waals surface area contributed by atoms with Crippen molar-refractivity contribution in [3.05, 3.63) is 58.4 Å². The molecule has 6 rings (SSSR count). The van der Waals surface area contributed by atoms with Gasteiger partial charge in [-0.15, -0.1) is 11.3 Å². The first-order chi connectivity index (χ1) is 18.3. The molecule has 10 heteroatoms. The number of likely N-dealkylation sites (N-methyl/N-ethyl adjacent to an activating group) is 1. The van der Waals surface area contributed by atoms with E-state index in [1.807, 2.05) is 4.90 Å². The van der Waals surface area contributed by atoms with Crippen LogP contribution < -0.4 is 15.8 Å². The third-order valence-electron chi connectivity index (χ3n) is 7.93. The van der Waals surface area contributed by atoms with Crippen LogP contribution in [0.5, 0.6) is 5.75 Å². The summed E-state index contributed by atoms with van der Waals surface area (Å²) in [5, 5.41) is 4.25. The average Bonchev–Trinajstić information content (AvgIpc) is 3.46. The molecule has 0 saturated carbocycles. The molecule has 4 aliphatic rings. The Morgan fingerprint density at radius 2 is 2.00 bits per heavy atom. The normalized spacial score (nSPS) is 22.4. The summed E-state index contributed by atoms with van der Waals surface area (Å²) in [7, 11) is 3.85. The molecule has 1 aromatic heterocycles. The van der Waals surface area contributed by atoms with E-state index >= 15 is 0 Å². The van der Waals surface area contributed by atoms with Crippen molar-refractivity contribution in [3.8, 4) is 5.75 Å². The van der Waals surface area contributed by atoms with Gasteiger partial charge in [0.25, 0.3) is 5.91 Å². The third kappa shape index (κ3) is 4.36. The molecule has 2 saturated heterocycles. The predicted molar refractivity (Wildman–Crippen MR) is 153 cm³/mol. The number of piperazine rings is 1. The number of likely N-dealkylation sites (tertiary alicyclic amines) is 1. The summed E-state index contributed by atoms with van der Waals surface area (Å²) in [6.07, 6.45) is 3.65. The summed E-state index contributed by atoms with van der Waals surface area (Å²) in [5.74, 6) is 1.56. The van der Waals surface area contributed by atoms with E-state index in [9.17, 15) is 4.79 Å². The summed E-state index contributed by atoms with van der Waals surface area (Å²) < 4.78 is 6.78. The van der Waals surface area contributed by atoms with Gasteiger partial charge in [0.05, 0.1) is 24.2 Å². The Hall–Kier alpha value is -3.34. The molecule has 200 valence electrons. The molecular weight excluding hydrogens is 498 g/mol. The monoisotopic (exact) mass is 533 g/mol. The molecule has 38 heavy (non-hydrogen) atoms. The third-order valence-corrected chi connectivity index (χ3v) is 9.13. The number of nitrogens with zero attached hydrogens (tertiary/aromatic N) is 5. The largest absolute Gasteiger partial charge is 0.495 e. The Bertz CT molecular complexity index is 1380. The van der Waals surface area contributed by atoms with Crippen molar-refractivity contribution in [2.75, 3.05) is 60.0 Å². The van der Waals surface area contributed by atoms with Crippen LogP contribution in [0.4, 0.5) is 0 Å². The molecule has 5 heterocycles. The van der Waals surface area contributed by atoms with Crippen LogP contribution in [-0.4, -0.2) is 104 Å². The van der Waals surface area contributed by atoms with E-state index in [1.165, 1.54) is 0 Å². The zero-order valence-corrected chi connectivity index (χ0v) is 23.1. The summed E-state index contributed by atoms with van der Waals surface area (Å²) >= 11 is 1.70. The van der Waals surface area contributed by atoms with Crippen LogP contribution in [0.25, 0.3) is 15.7 Å². The molecule has 4 aliphatic heterocycles. The Kier molecular flexibility index (Phi) is 6.41. The lowest BCUT2D eigenvalue weighted by Crippen LogP contribution is -2.61. The van der Waals surface area contributed by atoms with Crippen molar-refractivity contribution >= 4 is 39.2 Å². The molecular formula is C28H35N7O2S. The number of hydrogen-bond acceptors (Lipinski definition) is 9. The number of aliphatic imine (C=N–C) groups is 1. The minimum absolute atomic E-state index is 0.0552. The van der Waals surface area contributed by atoms with Crippen molar-refractivity contribution in [1.82, 2.24) is 24.9 Å². The number of amides is 1. The van der Waals surface area contributed by atoms with Crippen LogP contribution in [0.1, 0.15) is 10.4 Å². The van der Waals surface area contributed by atoms with E-state index in [-0.39, 0.29) is 18.1 Å². The van der Waals surface area contributed by atoms with Crippen LogP contribution in [0, 0.1) is 6.92 Å². The number of benzene rings is 1. The number of ether oxygens (including phenoxy) is 1. The van der Waals surface area contributed by atoms with Crippen molar-refractivity contribution in [2.24, 2.45) is 10.7 Å². The van der Waals surface area contributed by atoms with Gasteiger partial charge in [0.2, 0.25) is 0 Å². The highest BCUT2D eigenvalue weighted by Gasteiger charge is 2.43. The second kappa shape index (κ2) is 9.76. The van der Waals surface area contributed by atoms with Crippen LogP contribution in [0.15, 0.2) is 52.9 Å². The topological polar surface area (TPSA) is 89.7 Å². The maximum Gasteiger partial charge on any atom is 0.250 e. The fourth-order valence-electron chi connectivity index (χ4n) is 5.70. The molecule has 0 aliphatic carbocycles. The van der Waals surface area contributed by atoms with Gasteiger partial charge in [-0.25, -0.2) is 4.99 Å². The molecule has 2 fully saturated rings. The number of carbonyl (C=O) groups is 1. The van der Waals surface area contributed by atoms with Crippen molar-refractivity contribution in [3.63, 3.8) is 0 Å². The number of hydrogen-bond donors (Lipinski definition) is 2. The summed E-state index contributed by atoms with van der Waals surface area (Å²) in [4.78, 5) is 27.8. The zero-order chi connectivity index (χ0) is 26.6. The van der Waals surface area contributed by atoms with Gasteiger partial charge in [0.1, 0.15) is 11.6 Å². The van der Waals surface area contributed by atoms with Crippen molar-refractivity contribution in [1.29, 1.82) is 0 Å². The Morgan fingerprint density at radius 3 is 2.74 bits per heavy atom. The van der Waals surface area contributed by atoms with Gasteiger partial charge in [-0.1, -0.05) is 12.6 Å². The van der Waals surface area contributed by atoms with Crippen LogP contribution in [0.3, 0.4) is 0 Å². The Labute approximate surface area is 227 Å². The smallest absolute Gasteiger partial charge is 0.250 e. The highest BCUT2D eigenvalue weighted by molar-refractivity contribution is 7.20. The number of thiophene rings is 1. The van der Waals surface area contributed by atoms with Crippen molar-refractivity contribution < 1.29 is 9.53 Å². The maximum absolute atomic E-state index is 13.1. The summed E-state index contributed by atoms with van der Waals surface area (Å²) in [5.41, 5.74) is 10.4. The van der Waals surface area contributed by atoms with Gasteiger partial charge in [-0.2, -0.15) is 0 Å². The summed E-state index contributed by atoms with van der Waals surface area (Å²) in [6, 6.07) is 6.63. The highest BCUT2D eigenvalue weighted by Crippen LogP contribution is 2.45. The van der Waals surface area contributed by atoms with E-state index in [0.29, 0.717) is 31.0 Å². The van der Waals surface area contributed by atoms with E-state index in [0.717, 1.165) is 63.6 Å². The number of rotatable bonds is 6. The lowest BCUT2D eigenvalue weighted by Gasteiger charge is -2.46. The van der Waals surface area contributed by atoms with Crippen LogP contribution >= 0.6 is 11.3 Å². The molecule has 0 spiro atoms. The molecule has 1 amide bonds. The highest BCUT2D eigenvalue weighted by atomic mass is 32.1. The molecule has 1 unspecified atom stereocenters. The number of nitrogens with one attached hydrogen (secondary N) is 1. The van der Waals surface area contributed by atoms with Gasteiger partial charge >= 0.3 is 0 Å². The maximum atomic E-state index is 13.1. The standard InChI is InChI=1S/C28H35N7O2S/c1-17-9-19-11-23(38-25(19)22(10-17)37-4)21-15-35(27-24(21)26(29)30-16-31-27)20-13-34(14-20)28(36)18(2)12-33-7-5-32(3)6-8-33/h9-11,15-16,20,27H,2,5-8,12-14,29H2,1,3-4H3,(H,30,31). The zero-order valence-electron chi connectivity index (χ0n) is 22.2. The molecule has 2 aromatic rings. The first kappa shape index (κ1) is 25.0. The lowest BCUT2D eigenvalue weighted by molar-refractivity contribution is -0.134. The van der Waals surface area contributed by atoms with Gasteiger partial charge in [-0.05, 0) is 37.1 Å². The second-order valence-electron chi connectivity index (χ2n) is 10.7. The molecule has 9 nitrogen and oxygen atoms in total. The predicted octanol–water partition coefficient (Wildman–Crippen LogP) is 2.02. The minimum atomic E-state index is -0.198. The Morgan fingerprint density at radius 1 is 1.24 bits per heavy atom. The Balaban J connectivity index is 1.19. The molecule has 3 N–H and O–H groups in total. The lowest BCUT2D eigenvalue weighted by atomic mass is 10.0. The van der Waals surface area contributed by atoms with Crippen LogP contribution in [-0.2, 0) is 4.79 Å². The fraction of sp³-hybridized carbons (Fsp3) is 0.429. The SMILES string of the molecule is C=C(CN1CCN(C)CC1)C(=O)N1CC(N2C=C(c3cc4cc(C)cc(OC)c4s3)C3=C(N)NC=NC32)C1. The quantitative estimate of drug-likeness (QED) is 0.549. The first-order valence-corrected chi connectivity index (χ1v) is 13.9. The molecule has 1 aromatic carbocycles. The number of nitrogens with two attached hydrogens (primary N) is 1. The number of aryl methyl sites for hydroxylation is 1. The van der Waals surface area contributed by atoms with E-state index in [2.05, 4.69) is 65.0 Å². The van der Waals surface area contributed by atoms with Gasteiger partial charge in [0, 0.05) is 73.6 Å². The first-order valence-electron chi connectivity index (χ1n) is 13.1. The van der Waals surface area contributed by atoms with Gasteiger partial charge < -0.3 is 30.5 Å². The van der Waals surface area contributed by atoms with E-state index < -0.39 is 0 Å². The van der Waals surface area contributed by atoms with Crippen LogP contribution in [0.2, 0.25) is 0 Å². The second-order valence-corrected chi connectivity index (χ2v) is 11.7. The van der Waals surface area contributed by atoms with Gasteiger partial charge in [0.15, 0.2) is 6.17 Å². The van der Waals surface area contributed by atoms with E-state index in [1.54, 1.807) is 24.8 Å². The fourth-order valence-corrected chi connectivity index (χ4v) is 6.85. The molecule has 0 bridgehead atoms. The van der Waals surface area contributed by atoms with Gasteiger partial charge in [-0.3, -0.25) is 9.69 Å². The average molecular weight is 534 g/mol. The van der Waals surface area contributed by atoms with Crippen molar-refractivity contribution in [2.45, 2.75) is 19.1 Å². The molecule has 1 atom stereocenters. The minimum Gasteiger partial charge on any atom is -0.495 e. The van der Waals surface area contributed by atoms with E-state index in [4.69, 9.17) is 15.5 Å². The number of carbonyl (C=O) groups excluding carboxylic acids is 1. The summed E-state index contributed by atoms with van der Waals surface area (Å²) in [6.45, 7) is 12.1.